The average Bonchev–Trinajstić information content (AvgIpc) is 3.35. The Morgan fingerprint density at radius 2 is 1.83 bits per heavy atom. The van der Waals surface area contributed by atoms with Crippen LogP contribution < -0.4 is 21.1 Å². The zero-order valence-electron chi connectivity index (χ0n) is 20.4. The fraction of sp³-hybridized carbons (Fsp3) is 0.407. The third-order valence-electron chi connectivity index (χ3n) is 8.09. The first-order valence-corrected chi connectivity index (χ1v) is 12.5. The van der Waals surface area contributed by atoms with E-state index >= 15 is 0 Å². The van der Waals surface area contributed by atoms with Crippen LogP contribution >= 0.6 is 0 Å². The second kappa shape index (κ2) is 7.97. The number of anilines is 1. The van der Waals surface area contributed by atoms with Crippen LogP contribution in [0.4, 0.5) is 5.69 Å². The summed E-state index contributed by atoms with van der Waals surface area (Å²) in [6.45, 7) is 5.82. The van der Waals surface area contributed by atoms with Gasteiger partial charge in [0, 0.05) is 12.0 Å². The van der Waals surface area contributed by atoms with Crippen molar-refractivity contribution >= 4 is 28.4 Å². The number of para-hydroxylation sites is 2. The van der Waals surface area contributed by atoms with Crippen LogP contribution in [0.25, 0.3) is 10.9 Å². The Balaban J connectivity index is 1.49. The largest absolute Gasteiger partial charge is 0.381 e. The number of nitrogens with one attached hydrogen (secondary N) is 2. The van der Waals surface area contributed by atoms with Crippen molar-refractivity contribution < 1.29 is 14.7 Å². The molecule has 2 amide bonds. The van der Waals surface area contributed by atoms with Crippen molar-refractivity contribution in [1.82, 2.24) is 20.2 Å². The van der Waals surface area contributed by atoms with Gasteiger partial charge in [0.15, 0.2) is 0 Å². The number of rotatable bonds is 4. The van der Waals surface area contributed by atoms with E-state index in [4.69, 9.17) is 4.98 Å². The Morgan fingerprint density at radius 1 is 1.11 bits per heavy atom. The zero-order chi connectivity index (χ0) is 25.4. The summed E-state index contributed by atoms with van der Waals surface area (Å²) in [5, 5.41) is 19.0. The number of hydrogen-bond acceptors (Lipinski definition) is 6. The monoisotopic (exact) mass is 487 g/mol. The molecule has 1 aromatic heterocycles. The third-order valence-corrected chi connectivity index (χ3v) is 8.09. The fourth-order valence-corrected chi connectivity index (χ4v) is 6.00. The second-order valence-electron chi connectivity index (χ2n) is 10.2. The van der Waals surface area contributed by atoms with E-state index in [0.717, 1.165) is 6.42 Å². The van der Waals surface area contributed by atoms with Gasteiger partial charge in [-0.3, -0.25) is 29.2 Å². The van der Waals surface area contributed by atoms with Crippen LogP contribution in [0.15, 0.2) is 53.3 Å². The molecule has 3 aliphatic heterocycles. The van der Waals surface area contributed by atoms with Crippen LogP contribution in [0.3, 0.4) is 0 Å². The molecule has 0 bridgehead atoms. The van der Waals surface area contributed by atoms with E-state index < -0.39 is 29.9 Å². The van der Waals surface area contributed by atoms with E-state index in [1.165, 1.54) is 4.57 Å². The number of benzene rings is 2. The van der Waals surface area contributed by atoms with Crippen molar-refractivity contribution in [3.63, 3.8) is 0 Å². The number of hydrogen-bond donors (Lipinski definition) is 3. The Morgan fingerprint density at radius 3 is 2.61 bits per heavy atom. The summed E-state index contributed by atoms with van der Waals surface area (Å²) >= 11 is 0. The highest BCUT2D eigenvalue weighted by molar-refractivity contribution is 6.03. The van der Waals surface area contributed by atoms with E-state index in [-0.39, 0.29) is 29.7 Å². The first kappa shape index (κ1) is 22.9. The van der Waals surface area contributed by atoms with E-state index in [0.29, 0.717) is 28.0 Å². The van der Waals surface area contributed by atoms with Crippen LogP contribution in [0.1, 0.15) is 57.1 Å². The average molecular weight is 488 g/mol. The van der Waals surface area contributed by atoms with Gasteiger partial charge in [-0.15, -0.1) is 0 Å². The number of aliphatic hydroxyl groups is 1. The van der Waals surface area contributed by atoms with Gasteiger partial charge >= 0.3 is 0 Å². The summed E-state index contributed by atoms with van der Waals surface area (Å²) in [6, 6.07) is 12.4. The zero-order valence-corrected chi connectivity index (χ0v) is 20.4. The topological polar surface area (TPSA) is 117 Å². The molecule has 4 heterocycles. The Labute approximate surface area is 208 Å². The first-order valence-electron chi connectivity index (χ1n) is 12.5. The molecular formula is C27H29N5O4. The highest BCUT2D eigenvalue weighted by Crippen LogP contribution is 2.50. The number of aromatic nitrogens is 2. The van der Waals surface area contributed by atoms with Crippen molar-refractivity contribution in [2.45, 2.75) is 63.5 Å². The molecule has 3 aromatic rings. The fourth-order valence-electron chi connectivity index (χ4n) is 6.00. The molecule has 1 fully saturated rings. The quantitative estimate of drug-likeness (QED) is 0.519. The van der Waals surface area contributed by atoms with Crippen LogP contribution in [-0.2, 0) is 15.2 Å². The molecule has 0 aliphatic carbocycles. The molecule has 1 unspecified atom stereocenters. The molecule has 0 spiro atoms. The van der Waals surface area contributed by atoms with Gasteiger partial charge in [-0.1, -0.05) is 50.6 Å². The van der Waals surface area contributed by atoms with Gasteiger partial charge in [0.25, 0.3) is 5.56 Å². The molecule has 2 aromatic carbocycles. The third kappa shape index (κ3) is 3.02. The predicted octanol–water partition coefficient (Wildman–Crippen LogP) is 2.10. The lowest BCUT2D eigenvalue weighted by molar-refractivity contribution is -0.129. The predicted molar refractivity (Wildman–Crippen MR) is 134 cm³/mol. The Kier molecular flexibility index (Phi) is 5.07. The van der Waals surface area contributed by atoms with Crippen molar-refractivity contribution in [3.05, 3.63) is 70.3 Å². The highest BCUT2D eigenvalue weighted by Gasteiger charge is 2.59. The maximum Gasteiger partial charge on any atom is 0.262 e. The second-order valence-corrected chi connectivity index (χ2v) is 10.2. The minimum atomic E-state index is -1.60. The van der Waals surface area contributed by atoms with E-state index in [2.05, 4.69) is 10.6 Å². The molecule has 9 nitrogen and oxygen atoms in total. The Hall–Kier alpha value is -3.56. The number of fused-ring (bicyclic) bond motifs is 5. The number of amides is 2. The van der Waals surface area contributed by atoms with Gasteiger partial charge in [0.2, 0.25) is 11.8 Å². The molecule has 186 valence electrons. The minimum absolute atomic E-state index is 0.0669. The van der Waals surface area contributed by atoms with Gasteiger partial charge in [0.1, 0.15) is 23.6 Å². The van der Waals surface area contributed by atoms with Crippen molar-refractivity contribution in [2.75, 3.05) is 4.90 Å². The van der Waals surface area contributed by atoms with Crippen molar-refractivity contribution in [3.8, 4) is 0 Å². The summed E-state index contributed by atoms with van der Waals surface area (Å²) < 4.78 is 1.43. The molecule has 0 saturated carbocycles. The summed E-state index contributed by atoms with van der Waals surface area (Å²) in [5.74, 6) is 0.0613. The lowest BCUT2D eigenvalue weighted by Gasteiger charge is -2.37. The normalized spacial score (nSPS) is 29.6. The summed E-state index contributed by atoms with van der Waals surface area (Å²) in [6.07, 6.45) is -0.0420. The van der Waals surface area contributed by atoms with Gasteiger partial charge in [-0.05, 0) is 31.0 Å². The molecule has 3 N–H and O–H groups in total. The van der Waals surface area contributed by atoms with E-state index in [1.807, 2.05) is 32.0 Å². The van der Waals surface area contributed by atoms with Gasteiger partial charge in [-0.2, -0.15) is 0 Å². The molecule has 0 radical (unpaired) electrons. The number of nitrogens with zero attached hydrogens (tertiary/aromatic N) is 3. The van der Waals surface area contributed by atoms with Crippen LogP contribution in [-0.4, -0.2) is 38.7 Å². The Bertz CT molecular complexity index is 1470. The SMILES string of the molecule is CCC(C)[C@@H]1N[C@@H]2N(C1=O)c1ccccc1[C@]2(O)C[C@@H]1C(=O)N[C@H](C)c2nc3ccccc3c(=O)n21. The van der Waals surface area contributed by atoms with E-state index in [1.54, 1.807) is 42.2 Å². The molecule has 6 rings (SSSR count). The summed E-state index contributed by atoms with van der Waals surface area (Å²) in [5.41, 5.74) is -0.164. The van der Waals surface area contributed by atoms with Crippen molar-refractivity contribution in [2.24, 2.45) is 5.92 Å². The molecule has 36 heavy (non-hydrogen) atoms. The molecule has 9 heteroatoms. The van der Waals surface area contributed by atoms with E-state index in [9.17, 15) is 19.5 Å². The summed E-state index contributed by atoms with van der Waals surface area (Å²) in [4.78, 5) is 46.8. The van der Waals surface area contributed by atoms with Gasteiger partial charge in [0.05, 0.1) is 28.7 Å². The summed E-state index contributed by atoms with van der Waals surface area (Å²) in [7, 11) is 0. The van der Waals surface area contributed by atoms with Crippen LogP contribution in [0.2, 0.25) is 0 Å². The lowest BCUT2D eigenvalue weighted by atomic mass is 9.85. The van der Waals surface area contributed by atoms with Crippen LogP contribution in [0, 0.1) is 5.92 Å². The maximum absolute atomic E-state index is 13.6. The standard InChI is InChI=1S/C27H29N5O4/c1-4-14(2)21-25(35)32-19-12-8-6-10-17(19)27(36,26(32)30-21)13-20-23(33)28-15(3)22-29-18-11-7-5-9-16(18)24(34)31(20)22/h5-12,14-15,20-21,26,30,36H,4,13H2,1-3H3,(H,28,33)/t14?,15-,20-,21+,26-,27-/m1/s1. The molecule has 6 atom stereocenters. The molecular weight excluding hydrogens is 458 g/mol. The first-order chi connectivity index (χ1) is 17.3. The van der Waals surface area contributed by atoms with Crippen molar-refractivity contribution in [1.29, 1.82) is 0 Å². The maximum atomic E-state index is 13.6. The molecule has 3 aliphatic rings. The van der Waals surface area contributed by atoms with Gasteiger partial charge < -0.3 is 10.4 Å². The van der Waals surface area contributed by atoms with Gasteiger partial charge in [-0.25, -0.2) is 4.98 Å². The number of carbonyl (C=O) groups is 2. The minimum Gasteiger partial charge on any atom is -0.381 e. The number of carbonyl (C=O) groups excluding carboxylic acids is 2. The lowest BCUT2D eigenvalue weighted by Crippen LogP contribution is -2.54. The highest BCUT2D eigenvalue weighted by atomic mass is 16.3. The molecule has 1 saturated heterocycles. The van der Waals surface area contributed by atoms with Crippen LogP contribution in [0.5, 0.6) is 0 Å². The smallest absolute Gasteiger partial charge is 0.262 e.